The summed E-state index contributed by atoms with van der Waals surface area (Å²) in [6.45, 7) is 6.51. The zero-order valence-electron chi connectivity index (χ0n) is 38.1. The van der Waals surface area contributed by atoms with Crippen molar-refractivity contribution in [3.63, 3.8) is 0 Å². The summed E-state index contributed by atoms with van der Waals surface area (Å²) in [6, 6.07) is 0. The molecule has 0 aliphatic rings. The van der Waals surface area contributed by atoms with E-state index in [-0.39, 0.29) is 31.1 Å². The van der Waals surface area contributed by atoms with E-state index in [1.807, 2.05) is 0 Å². The van der Waals surface area contributed by atoms with Crippen LogP contribution in [0.5, 0.6) is 0 Å². The number of carbonyl (C=O) groups is 3. The van der Waals surface area contributed by atoms with E-state index >= 15 is 0 Å². The lowest BCUT2D eigenvalue weighted by Gasteiger charge is -2.18. The normalized spacial score (nSPS) is 12.1. The SMILES string of the molecule is CCCCCCC/C=C\C/C=C\CCCCCCCCCCCCCCCCCC(=O)OCC(COC(=O)CCCCCCC)OC(=O)CCCCCCCCC. The molecule has 0 amide bonds. The third kappa shape index (κ3) is 44.8. The van der Waals surface area contributed by atoms with Crippen molar-refractivity contribution in [2.45, 2.75) is 271 Å². The molecule has 0 heterocycles. The van der Waals surface area contributed by atoms with Crippen molar-refractivity contribution in [3.8, 4) is 0 Å². The van der Waals surface area contributed by atoms with Gasteiger partial charge in [0.05, 0.1) is 0 Å². The molecule has 0 aromatic carbocycles. The average Bonchev–Trinajstić information content (AvgIpc) is 3.21. The highest BCUT2D eigenvalue weighted by Crippen LogP contribution is 2.16. The number of unbranched alkanes of at least 4 members (excludes halogenated alkanes) is 30. The number of hydrogen-bond acceptors (Lipinski definition) is 6. The first kappa shape index (κ1) is 54.9. The van der Waals surface area contributed by atoms with Gasteiger partial charge in [0.2, 0.25) is 0 Å². The van der Waals surface area contributed by atoms with E-state index in [0.29, 0.717) is 19.3 Å². The van der Waals surface area contributed by atoms with Gasteiger partial charge in [0.15, 0.2) is 6.10 Å². The fourth-order valence-corrected chi connectivity index (χ4v) is 7.18. The lowest BCUT2D eigenvalue weighted by molar-refractivity contribution is -0.167. The molecule has 0 bridgehead atoms. The van der Waals surface area contributed by atoms with Crippen molar-refractivity contribution in [1.82, 2.24) is 0 Å². The third-order valence-electron chi connectivity index (χ3n) is 11.0. The first-order valence-electron chi connectivity index (χ1n) is 24.8. The molecule has 0 aliphatic heterocycles. The second-order valence-electron chi connectivity index (χ2n) is 16.7. The van der Waals surface area contributed by atoms with E-state index in [1.54, 1.807) is 0 Å². The van der Waals surface area contributed by atoms with Crippen molar-refractivity contribution >= 4 is 17.9 Å². The predicted octanol–water partition coefficient (Wildman–Crippen LogP) is 16.0. The fourth-order valence-electron chi connectivity index (χ4n) is 7.18. The summed E-state index contributed by atoms with van der Waals surface area (Å²) in [4.78, 5) is 37.3. The predicted molar refractivity (Wildman–Crippen MR) is 243 cm³/mol. The van der Waals surface area contributed by atoms with Gasteiger partial charge in [-0.25, -0.2) is 0 Å². The highest BCUT2D eigenvalue weighted by molar-refractivity contribution is 5.71. The van der Waals surface area contributed by atoms with E-state index in [1.165, 1.54) is 154 Å². The molecule has 57 heavy (non-hydrogen) atoms. The van der Waals surface area contributed by atoms with Crippen molar-refractivity contribution < 1.29 is 28.6 Å². The summed E-state index contributed by atoms with van der Waals surface area (Å²) in [5.74, 6) is -0.883. The molecular formula is C51H94O6. The molecule has 0 spiro atoms. The van der Waals surface area contributed by atoms with Crippen LogP contribution < -0.4 is 0 Å². The summed E-state index contributed by atoms with van der Waals surface area (Å²) in [5, 5.41) is 0. The molecule has 0 radical (unpaired) electrons. The maximum atomic E-state index is 12.5. The quantitative estimate of drug-likeness (QED) is 0.0264. The molecule has 334 valence electrons. The molecular weight excluding hydrogens is 709 g/mol. The van der Waals surface area contributed by atoms with Gasteiger partial charge in [-0.1, -0.05) is 218 Å². The number of carbonyl (C=O) groups excluding carboxylic acids is 3. The van der Waals surface area contributed by atoms with Crippen molar-refractivity contribution in [3.05, 3.63) is 24.3 Å². The summed E-state index contributed by atoms with van der Waals surface area (Å²) in [5.41, 5.74) is 0. The van der Waals surface area contributed by atoms with Gasteiger partial charge in [-0.15, -0.1) is 0 Å². The molecule has 0 N–H and O–H groups in total. The molecule has 1 unspecified atom stereocenters. The second-order valence-corrected chi connectivity index (χ2v) is 16.7. The Labute approximate surface area is 353 Å². The zero-order chi connectivity index (χ0) is 41.5. The lowest BCUT2D eigenvalue weighted by Crippen LogP contribution is -2.30. The minimum atomic E-state index is -0.759. The Morgan fingerprint density at radius 3 is 0.965 bits per heavy atom. The zero-order valence-corrected chi connectivity index (χ0v) is 38.1. The Morgan fingerprint density at radius 1 is 0.351 bits per heavy atom. The smallest absolute Gasteiger partial charge is 0.306 e. The Morgan fingerprint density at radius 2 is 0.632 bits per heavy atom. The van der Waals surface area contributed by atoms with Gasteiger partial charge in [0.1, 0.15) is 13.2 Å². The summed E-state index contributed by atoms with van der Waals surface area (Å²) < 4.78 is 16.5. The van der Waals surface area contributed by atoms with Gasteiger partial charge < -0.3 is 14.2 Å². The van der Waals surface area contributed by atoms with Crippen LogP contribution in [0.1, 0.15) is 265 Å². The van der Waals surface area contributed by atoms with Crippen LogP contribution in [0, 0.1) is 0 Å². The monoisotopic (exact) mass is 803 g/mol. The molecule has 0 fully saturated rings. The van der Waals surface area contributed by atoms with Crippen LogP contribution in [0.4, 0.5) is 0 Å². The first-order chi connectivity index (χ1) is 28.0. The summed E-state index contributed by atoms with van der Waals surface area (Å²) >= 11 is 0. The summed E-state index contributed by atoms with van der Waals surface area (Å²) in [7, 11) is 0. The molecule has 0 aromatic heterocycles. The molecule has 6 nitrogen and oxygen atoms in total. The molecule has 0 aromatic rings. The average molecular weight is 803 g/mol. The molecule has 1 atom stereocenters. The highest BCUT2D eigenvalue weighted by Gasteiger charge is 2.19. The minimum absolute atomic E-state index is 0.0684. The van der Waals surface area contributed by atoms with Crippen LogP contribution in [0.25, 0.3) is 0 Å². The van der Waals surface area contributed by atoms with E-state index in [0.717, 1.165) is 70.6 Å². The van der Waals surface area contributed by atoms with Crippen LogP contribution in [0.15, 0.2) is 24.3 Å². The van der Waals surface area contributed by atoms with Crippen LogP contribution in [-0.2, 0) is 28.6 Å². The Balaban J connectivity index is 3.88. The Hall–Kier alpha value is -2.11. The highest BCUT2D eigenvalue weighted by atomic mass is 16.6. The summed E-state index contributed by atoms with van der Waals surface area (Å²) in [6.07, 6.45) is 52.3. The van der Waals surface area contributed by atoms with E-state index in [2.05, 4.69) is 45.1 Å². The molecule has 0 saturated carbocycles. The van der Waals surface area contributed by atoms with Gasteiger partial charge in [-0.3, -0.25) is 14.4 Å². The first-order valence-corrected chi connectivity index (χ1v) is 24.8. The topological polar surface area (TPSA) is 78.9 Å². The van der Waals surface area contributed by atoms with Crippen LogP contribution in [0.2, 0.25) is 0 Å². The Bertz CT molecular complexity index is 927. The number of ether oxygens (including phenoxy) is 3. The second kappa shape index (κ2) is 46.6. The van der Waals surface area contributed by atoms with Gasteiger partial charge in [0, 0.05) is 19.3 Å². The standard InChI is InChI=1S/C51H94O6/c1-4-7-10-13-15-16-17-18-19-20-21-22-23-24-25-26-27-28-29-30-31-32-33-34-36-38-41-44-50(53)56-47-48(46-55-49(52)43-40-37-12-9-6-3)57-51(54)45-42-39-35-14-11-8-5-2/h17-18,20-21,48H,4-16,19,22-47H2,1-3H3/b18-17-,21-20-. The van der Waals surface area contributed by atoms with Crippen LogP contribution in [-0.4, -0.2) is 37.2 Å². The number of esters is 3. The van der Waals surface area contributed by atoms with E-state index < -0.39 is 6.10 Å². The fraction of sp³-hybridized carbons (Fsp3) is 0.863. The molecule has 0 rings (SSSR count). The molecule has 0 saturated heterocycles. The molecule has 6 heteroatoms. The molecule has 0 aliphatic carbocycles. The minimum Gasteiger partial charge on any atom is -0.462 e. The van der Waals surface area contributed by atoms with Gasteiger partial charge in [0.25, 0.3) is 0 Å². The van der Waals surface area contributed by atoms with Gasteiger partial charge >= 0.3 is 17.9 Å². The van der Waals surface area contributed by atoms with Crippen LogP contribution in [0.3, 0.4) is 0 Å². The number of allylic oxidation sites excluding steroid dienone is 4. The third-order valence-corrected chi connectivity index (χ3v) is 11.0. The van der Waals surface area contributed by atoms with Crippen molar-refractivity contribution in [2.75, 3.05) is 13.2 Å². The Kier molecular flexibility index (Phi) is 44.9. The van der Waals surface area contributed by atoms with Crippen molar-refractivity contribution in [1.29, 1.82) is 0 Å². The largest absolute Gasteiger partial charge is 0.462 e. The van der Waals surface area contributed by atoms with Crippen molar-refractivity contribution in [2.24, 2.45) is 0 Å². The van der Waals surface area contributed by atoms with E-state index in [9.17, 15) is 14.4 Å². The number of hydrogen-bond donors (Lipinski definition) is 0. The van der Waals surface area contributed by atoms with Crippen LogP contribution >= 0.6 is 0 Å². The lowest BCUT2D eigenvalue weighted by atomic mass is 10.0. The maximum Gasteiger partial charge on any atom is 0.306 e. The number of rotatable bonds is 45. The maximum absolute atomic E-state index is 12.5. The van der Waals surface area contributed by atoms with Gasteiger partial charge in [-0.2, -0.15) is 0 Å². The van der Waals surface area contributed by atoms with Gasteiger partial charge in [-0.05, 0) is 51.4 Å². The van der Waals surface area contributed by atoms with E-state index in [4.69, 9.17) is 14.2 Å².